The van der Waals surface area contributed by atoms with E-state index in [0.29, 0.717) is 0 Å². The number of methoxy groups -OCH3 is 1. The standard InChI is InChI=1S/C17H16N2O/c1-20-16-9-7-14(8-10-16)11-19-12-17(18-13-19)15-5-3-2-4-6-15/h2-10,12-13H,11H2,1H3. The Labute approximate surface area is 118 Å². The molecule has 0 saturated carbocycles. The first-order valence-corrected chi connectivity index (χ1v) is 6.55. The molecule has 0 spiro atoms. The second-order valence-corrected chi connectivity index (χ2v) is 4.65. The summed E-state index contributed by atoms with van der Waals surface area (Å²) in [6.45, 7) is 0.809. The molecule has 0 radical (unpaired) electrons. The van der Waals surface area contributed by atoms with Gasteiger partial charge in [-0.2, -0.15) is 0 Å². The minimum Gasteiger partial charge on any atom is -0.497 e. The highest BCUT2D eigenvalue weighted by atomic mass is 16.5. The second kappa shape index (κ2) is 5.61. The molecule has 2 aromatic carbocycles. The smallest absolute Gasteiger partial charge is 0.118 e. The maximum atomic E-state index is 5.16. The molecule has 3 nitrogen and oxygen atoms in total. The van der Waals surface area contributed by atoms with Gasteiger partial charge in [0, 0.05) is 18.3 Å². The van der Waals surface area contributed by atoms with Crippen LogP contribution < -0.4 is 4.74 Å². The van der Waals surface area contributed by atoms with Gasteiger partial charge in [-0.25, -0.2) is 4.98 Å². The average Bonchev–Trinajstić information content (AvgIpc) is 2.97. The number of nitrogens with zero attached hydrogens (tertiary/aromatic N) is 2. The van der Waals surface area contributed by atoms with Gasteiger partial charge in [0.05, 0.1) is 19.1 Å². The summed E-state index contributed by atoms with van der Waals surface area (Å²) in [4.78, 5) is 4.45. The third-order valence-corrected chi connectivity index (χ3v) is 3.23. The van der Waals surface area contributed by atoms with Crippen molar-refractivity contribution in [2.24, 2.45) is 0 Å². The first-order valence-electron chi connectivity index (χ1n) is 6.55. The fourth-order valence-electron chi connectivity index (χ4n) is 2.15. The van der Waals surface area contributed by atoms with Gasteiger partial charge >= 0.3 is 0 Å². The second-order valence-electron chi connectivity index (χ2n) is 4.65. The molecule has 0 atom stereocenters. The lowest BCUT2D eigenvalue weighted by atomic mass is 10.2. The predicted molar refractivity (Wildman–Crippen MR) is 79.8 cm³/mol. The van der Waals surface area contributed by atoms with E-state index in [1.165, 1.54) is 5.56 Å². The van der Waals surface area contributed by atoms with Crippen LogP contribution in [0.1, 0.15) is 5.56 Å². The number of benzene rings is 2. The van der Waals surface area contributed by atoms with E-state index in [1.807, 2.05) is 36.7 Å². The summed E-state index contributed by atoms with van der Waals surface area (Å²) in [7, 11) is 1.68. The van der Waals surface area contributed by atoms with Crippen LogP contribution in [-0.2, 0) is 6.54 Å². The Morgan fingerprint density at radius 2 is 1.75 bits per heavy atom. The topological polar surface area (TPSA) is 27.1 Å². The maximum absolute atomic E-state index is 5.16. The lowest BCUT2D eigenvalue weighted by Gasteiger charge is -2.04. The van der Waals surface area contributed by atoms with Crippen molar-refractivity contribution in [2.75, 3.05) is 7.11 Å². The van der Waals surface area contributed by atoms with E-state index in [2.05, 4.69) is 40.0 Å². The van der Waals surface area contributed by atoms with Crippen LogP contribution in [0, 0.1) is 0 Å². The molecule has 0 aliphatic heterocycles. The van der Waals surface area contributed by atoms with Gasteiger partial charge in [-0.3, -0.25) is 0 Å². The van der Waals surface area contributed by atoms with E-state index >= 15 is 0 Å². The number of rotatable bonds is 4. The maximum Gasteiger partial charge on any atom is 0.118 e. The fraction of sp³-hybridized carbons (Fsp3) is 0.118. The summed E-state index contributed by atoms with van der Waals surface area (Å²) in [5.41, 5.74) is 3.36. The van der Waals surface area contributed by atoms with Crippen molar-refractivity contribution in [3.8, 4) is 17.0 Å². The van der Waals surface area contributed by atoms with Crippen LogP contribution in [0.4, 0.5) is 0 Å². The third-order valence-electron chi connectivity index (χ3n) is 3.23. The molecule has 0 fully saturated rings. The highest BCUT2D eigenvalue weighted by Crippen LogP contribution is 2.17. The summed E-state index contributed by atoms with van der Waals surface area (Å²) in [6, 6.07) is 18.3. The van der Waals surface area contributed by atoms with E-state index in [-0.39, 0.29) is 0 Å². The van der Waals surface area contributed by atoms with Crippen molar-refractivity contribution in [2.45, 2.75) is 6.54 Å². The minimum absolute atomic E-state index is 0.809. The first kappa shape index (κ1) is 12.5. The van der Waals surface area contributed by atoms with Gasteiger partial charge in [0.15, 0.2) is 0 Å². The molecule has 0 aliphatic rings. The van der Waals surface area contributed by atoms with E-state index in [4.69, 9.17) is 4.74 Å². The predicted octanol–water partition coefficient (Wildman–Crippen LogP) is 3.61. The molecule has 0 amide bonds. The molecule has 1 heterocycles. The Balaban J connectivity index is 1.77. The van der Waals surface area contributed by atoms with E-state index in [1.54, 1.807) is 7.11 Å². The zero-order chi connectivity index (χ0) is 13.8. The average molecular weight is 264 g/mol. The molecule has 0 unspecified atom stereocenters. The Kier molecular flexibility index (Phi) is 3.50. The molecule has 3 aromatic rings. The Morgan fingerprint density at radius 1 is 1.00 bits per heavy atom. The van der Waals surface area contributed by atoms with Crippen LogP contribution in [-0.4, -0.2) is 16.7 Å². The number of hydrogen-bond acceptors (Lipinski definition) is 2. The lowest BCUT2D eigenvalue weighted by molar-refractivity contribution is 0.414. The van der Waals surface area contributed by atoms with Gasteiger partial charge in [-0.15, -0.1) is 0 Å². The molecular formula is C17H16N2O. The van der Waals surface area contributed by atoms with Crippen molar-refractivity contribution in [3.05, 3.63) is 72.7 Å². The highest BCUT2D eigenvalue weighted by molar-refractivity contribution is 5.57. The Bertz CT molecular complexity index is 672. The summed E-state index contributed by atoms with van der Waals surface area (Å²) >= 11 is 0. The molecule has 20 heavy (non-hydrogen) atoms. The zero-order valence-corrected chi connectivity index (χ0v) is 11.4. The third kappa shape index (κ3) is 2.72. The number of aromatic nitrogens is 2. The SMILES string of the molecule is COc1ccc(Cn2cnc(-c3ccccc3)c2)cc1. The van der Waals surface area contributed by atoms with Gasteiger partial charge in [-0.1, -0.05) is 42.5 Å². The summed E-state index contributed by atoms with van der Waals surface area (Å²) in [6.07, 6.45) is 3.94. The van der Waals surface area contributed by atoms with E-state index in [9.17, 15) is 0 Å². The number of imidazole rings is 1. The Hall–Kier alpha value is -2.55. The molecule has 1 aromatic heterocycles. The molecular weight excluding hydrogens is 248 g/mol. The van der Waals surface area contributed by atoms with Crippen LogP contribution in [0.25, 0.3) is 11.3 Å². The molecule has 0 saturated heterocycles. The van der Waals surface area contributed by atoms with Gasteiger partial charge in [0.25, 0.3) is 0 Å². The van der Waals surface area contributed by atoms with Crippen LogP contribution in [0.2, 0.25) is 0 Å². The molecule has 0 N–H and O–H groups in total. The Morgan fingerprint density at radius 3 is 2.45 bits per heavy atom. The normalized spacial score (nSPS) is 10.4. The lowest BCUT2D eigenvalue weighted by Crippen LogP contribution is -1.96. The van der Waals surface area contributed by atoms with Crippen LogP contribution in [0.5, 0.6) is 5.75 Å². The summed E-state index contributed by atoms with van der Waals surface area (Å²) in [5.74, 6) is 0.879. The summed E-state index contributed by atoms with van der Waals surface area (Å²) in [5, 5.41) is 0. The van der Waals surface area contributed by atoms with Gasteiger partial charge in [0.2, 0.25) is 0 Å². The molecule has 3 rings (SSSR count). The van der Waals surface area contributed by atoms with Crippen molar-refractivity contribution in [3.63, 3.8) is 0 Å². The quantitative estimate of drug-likeness (QED) is 0.720. The monoisotopic (exact) mass is 264 g/mol. The van der Waals surface area contributed by atoms with Crippen molar-refractivity contribution in [1.29, 1.82) is 0 Å². The fourth-order valence-corrected chi connectivity index (χ4v) is 2.15. The van der Waals surface area contributed by atoms with Crippen LogP contribution in [0.3, 0.4) is 0 Å². The van der Waals surface area contributed by atoms with Crippen molar-refractivity contribution >= 4 is 0 Å². The van der Waals surface area contributed by atoms with Gasteiger partial charge in [0.1, 0.15) is 5.75 Å². The first-order chi connectivity index (χ1) is 9.85. The minimum atomic E-state index is 0.809. The summed E-state index contributed by atoms with van der Waals surface area (Å²) < 4.78 is 7.25. The van der Waals surface area contributed by atoms with E-state index < -0.39 is 0 Å². The molecule has 3 heteroatoms. The number of ether oxygens (including phenoxy) is 1. The van der Waals surface area contributed by atoms with E-state index in [0.717, 1.165) is 23.6 Å². The van der Waals surface area contributed by atoms with Crippen LogP contribution >= 0.6 is 0 Å². The van der Waals surface area contributed by atoms with Crippen molar-refractivity contribution < 1.29 is 4.74 Å². The van der Waals surface area contributed by atoms with Crippen LogP contribution in [0.15, 0.2) is 67.1 Å². The zero-order valence-electron chi connectivity index (χ0n) is 11.4. The van der Waals surface area contributed by atoms with Gasteiger partial charge in [-0.05, 0) is 17.7 Å². The van der Waals surface area contributed by atoms with Gasteiger partial charge < -0.3 is 9.30 Å². The molecule has 0 aliphatic carbocycles. The van der Waals surface area contributed by atoms with Crippen molar-refractivity contribution in [1.82, 2.24) is 9.55 Å². The largest absolute Gasteiger partial charge is 0.497 e. The molecule has 100 valence electrons. The highest BCUT2D eigenvalue weighted by Gasteiger charge is 2.02. The number of hydrogen-bond donors (Lipinski definition) is 0. The molecule has 0 bridgehead atoms.